The fourth-order valence-corrected chi connectivity index (χ4v) is 3.80. The Bertz CT molecular complexity index is 848. The van der Waals surface area contributed by atoms with Crippen LogP contribution in [0.2, 0.25) is 0 Å². The summed E-state index contributed by atoms with van der Waals surface area (Å²) >= 11 is 1.23. The molecule has 0 aliphatic carbocycles. The highest BCUT2D eigenvalue weighted by molar-refractivity contribution is 7.47. The SMILES string of the molecule is CC(C)c1ccccc1-c1cccc([P+](=O)O)c1-c1csnn1. The number of aromatic nitrogens is 2. The van der Waals surface area contributed by atoms with Crippen molar-refractivity contribution in [1.82, 2.24) is 9.59 Å². The van der Waals surface area contributed by atoms with Gasteiger partial charge < -0.3 is 0 Å². The van der Waals surface area contributed by atoms with Gasteiger partial charge in [0.15, 0.2) is 0 Å². The van der Waals surface area contributed by atoms with Crippen molar-refractivity contribution in [2.24, 2.45) is 0 Å². The largest absolute Gasteiger partial charge is 0.546 e. The zero-order valence-electron chi connectivity index (χ0n) is 12.8. The molecular weight excluding hydrogens is 327 g/mol. The van der Waals surface area contributed by atoms with E-state index in [2.05, 4.69) is 29.5 Å². The van der Waals surface area contributed by atoms with Crippen LogP contribution in [0.1, 0.15) is 25.3 Å². The maximum atomic E-state index is 11.8. The molecule has 1 unspecified atom stereocenters. The van der Waals surface area contributed by atoms with E-state index in [0.29, 0.717) is 22.5 Å². The van der Waals surface area contributed by atoms with Crippen LogP contribution in [0.4, 0.5) is 0 Å². The summed E-state index contributed by atoms with van der Waals surface area (Å²) in [6.45, 7) is 4.28. The molecule has 0 saturated carbocycles. The molecular formula is C17H16N2O2PS+. The molecule has 116 valence electrons. The molecule has 1 atom stereocenters. The van der Waals surface area contributed by atoms with Crippen LogP contribution in [0, 0.1) is 0 Å². The van der Waals surface area contributed by atoms with Crippen LogP contribution in [-0.2, 0) is 4.57 Å². The predicted octanol–water partition coefficient (Wildman–Crippen LogP) is 4.36. The number of benzene rings is 2. The van der Waals surface area contributed by atoms with Gasteiger partial charge in [0, 0.05) is 5.38 Å². The molecule has 0 radical (unpaired) electrons. The summed E-state index contributed by atoms with van der Waals surface area (Å²) in [7, 11) is -2.47. The Morgan fingerprint density at radius 3 is 2.48 bits per heavy atom. The standard InChI is InChI=1S/C17H15N2O2PS/c1-11(2)12-6-3-4-7-13(12)14-8-5-9-16(22(20)21)17(14)15-10-23-19-18-15/h3-11H,1-2H3/p+1. The summed E-state index contributed by atoms with van der Waals surface area (Å²) in [4.78, 5) is 9.72. The van der Waals surface area contributed by atoms with Gasteiger partial charge in [-0.05, 0) is 44.8 Å². The maximum absolute atomic E-state index is 11.8. The van der Waals surface area contributed by atoms with E-state index in [4.69, 9.17) is 0 Å². The van der Waals surface area contributed by atoms with Crippen LogP contribution >= 0.6 is 19.6 Å². The molecule has 0 amide bonds. The van der Waals surface area contributed by atoms with E-state index in [-0.39, 0.29) is 0 Å². The highest BCUT2D eigenvalue weighted by Crippen LogP contribution is 2.37. The summed E-state index contributed by atoms with van der Waals surface area (Å²) in [5, 5.41) is 6.32. The predicted molar refractivity (Wildman–Crippen MR) is 94.3 cm³/mol. The van der Waals surface area contributed by atoms with Gasteiger partial charge in [-0.2, -0.15) is 4.89 Å². The second-order valence-corrected chi connectivity index (χ2v) is 7.14. The molecule has 1 aromatic heterocycles. The fourth-order valence-electron chi connectivity index (χ4n) is 2.71. The molecule has 0 bridgehead atoms. The lowest BCUT2D eigenvalue weighted by Crippen LogP contribution is -2.05. The molecule has 3 aromatic rings. The van der Waals surface area contributed by atoms with Crippen molar-refractivity contribution in [2.45, 2.75) is 19.8 Å². The van der Waals surface area contributed by atoms with Crippen LogP contribution in [0.5, 0.6) is 0 Å². The van der Waals surface area contributed by atoms with Gasteiger partial charge in [-0.15, -0.1) is 5.10 Å². The van der Waals surface area contributed by atoms with E-state index in [1.54, 1.807) is 11.4 Å². The Hall–Kier alpha value is -1.94. The molecule has 3 rings (SSSR count). The smallest absolute Gasteiger partial charge is 0.156 e. The highest BCUT2D eigenvalue weighted by Gasteiger charge is 2.27. The quantitative estimate of drug-likeness (QED) is 0.715. The first kappa shape index (κ1) is 15.9. The van der Waals surface area contributed by atoms with Gasteiger partial charge >= 0.3 is 8.03 Å². The van der Waals surface area contributed by atoms with E-state index >= 15 is 0 Å². The topological polar surface area (TPSA) is 63.1 Å². The molecule has 0 fully saturated rings. The van der Waals surface area contributed by atoms with Gasteiger partial charge in [0.1, 0.15) is 5.69 Å². The zero-order chi connectivity index (χ0) is 16.4. The van der Waals surface area contributed by atoms with Crippen molar-refractivity contribution in [3.63, 3.8) is 0 Å². The lowest BCUT2D eigenvalue weighted by molar-refractivity contribution is 0.513. The van der Waals surface area contributed by atoms with E-state index in [1.165, 1.54) is 17.1 Å². The Kier molecular flexibility index (Phi) is 4.62. The lowest BCUT2D eigenvalue weighted by atomic mass is 9.89. The van der Waals surface area contributed by atoms with Crippen molar-refractivity contribution >= 4 is 24.9 Å². The minimum atomic E-state index is -2.47. The third-order valence-electron chi connectivity index (χ3n) is 3.74. The molecule has 0 spiro atoms. The molecule has 2 aromatic carbocycles. The number of nitrogens with zero attached hydrogens (tertiary/aromatic N) is 2. The molecule has 23 heavy (non-hydrogen) atoms. The maximum Gasteiger partial charge on any atom is 0.546 e. The minimum absolute atomic E-state index is 0.346. The Morgan fingerprint density at radius 1 is 1.09 bits per heavy atom. The van der Waals surface area contributed by atoms with Gasteiger partial charge in [0.05, 0.1) is 5.56 Å². The van der Waals surface area contributed by atoms with E-state index in [9.17, 15) is 9.46 Å². The van der Waals surface area contributed by atoms with Crippen molar-refractivity contribution in [3.05, 3.63) is 53.4 Å². The van der Waals surface area contributed by atoms with Gasteiger partial charge in [-0.1, -0.05) is 54.7 Å². The fraction of sp³-hybridized carbons (Fsp3) is 0.176. The molecule has 1 N–H and O–H groups in total. The molecule has 4 nitrogen and oxygen atoms in total. The van der Waals surface area contributed by atoms with Crippen LogP contribution in [0.3, 0.4) is 0 Å². The first-order valence-corrected chi connectivity index (χ1v) is 9.30. The average molecular weight is 343 g/mol. The minimum Gasteiger partial charge on any atom is -0.156 e. The molecule has 0 aliphatic heterocycles. The van der Waals surface area contributed by atoms with Crippen molar-refractivity contribution in [1.29, 1.82) is 0 Å². The second-order valence-electron chi connectivity index (χ2n) is 5.50. The molecule has 0 aliphatic rings. The Balaban J connectivity index is 2.33. The number of hydrogen-bond acceptors (Lipinski definition) is 4. The van der Waals surface area contributed by atoms with Gasteiger partial charge in [-0.25, -0.2) is 0 Å². The summed E-state index contributed by atoms with van der Waals surface area (Å²) < 4.78 is 15.7. The third-order valence-corrected chi connectivity index (χ3v) is 5.03. The van der Waals surface area contributed by atoms with Gasteiger partial charge in [0.2, 0.25) is 5.30 Å². The van der Waals surface area contributed by atoms with E-state index < -0.39 is 8.03 Å². The van der Waals surface area contributed by atoms with Gasteiger partial charge in [-0.3, -0.25) is 0 Å². The lowest BCUT2D eigenvalue weighted by Gasteiger charge is -2.15. The second kappa shape index (κ2) is 6.67. The molecule has 0 saturated heterocycles. The van der Waals surface area contributed by atoms with Gasteiger partial charge in [0.25, 0.3) is 0 Å². The number of hydrogen-bond donors (Lipinski definition) is 1. The van der Waals surface area contributed by atoms with Crippen LogP contribution in [0.15, 0.2) is 47.8 Å². The molecule has 6 heteroatoms. The monoisotopic (exact) mass is 343 g/mol. The third kappa shape index (κ3) is 3.08. The van der Waals surface area contributed by atoms with Crippen LogP contribution < -0.4 is 5.30 Å². The van der Waals surface area contributed by atoms with Crippen molar-refractivity contribution in [3.8, 4) is 22.4 Å². The normalized spacial score (nSPS) is 11.7. The first-order valence-electron chi connectivity index (χ1n) is 7.25. The Labute approximate surface area is 139 Å². The van der Waals surface area contributed by atoms with E-state index in [0.717, 1.165) is 11.1 Å². The average Bonchev–Trinajstić information content (AvgIpc) is 3.08. The Morgan fingerprint density at radius 2 is 1.83 bits per heavy atom. The van der Waals surface area contributed by atoms with E-state index in [1.807, 2.05) is 30.3 Å². The zero-order valence-corrected chi connectivity index (χ0v) is 14.5. The highest BCUT2D eigenvalue weighted by atomic mass is 32.1. The van der Waals surface area contributed by atoms with Crippen molar-refractivity contribution < 1.29 is 9.46 Å². The summed E-state index contributed by atoms with van der Waals surface area (Å²) in [5.74, 6) is 0.346. The molecule has 1 heterocycles. The van der Waals surface area contributed by atoms with Crippen molar-refractivity contribution in [2.75, 3.05) is 0 Å². The summed E-state index contributed by atoms with van der Waals surface area (Å²) in [5.41, 5.74) is 4.50. The summed E-state index contributed by atoms with van der Waals surface area (Å²) in [6, 6.07) is 13.6. The summed E-state index contributed by atoms with van der Waals surface area (Å²) in [6.07, 6.45) is 0. The first-order chi connectivity index (χ1) is 11.1. The van der Waals surface area contributed by atoms with Crippen LogP contribution in [0.25, 0.3) is 22.4 Å². The van der Waals surface area contributed by atoms with Crippen LogP contribution in [-0.4, -0.2) is 14.5 Å². The number of rotatable bonds is 4.